The summed E-state index contributed by atoms with van der Waals surface area (Å²) in [6.45, 7) is 14.9. The highest BCUT2D eigenvalue weighted by Crippen LogP contribution is 2.45. The maximum atomic E-state index is 12.3. The second-order valence-electron chi connectivity index (χ2n) is 15.7. The molecule has 1 aliphatic carbocycles. The molecule has 0 aromatic heterocycles. The van der Waals surface area contributed by atoms with Crippen molar-refractivity contribution >= 4 is 11.9 Å². The molecule has 1 saturated carbocycles. The van der Waals surface area contributed by atoms with Crippen molar-refractivity contribution in [2.75, 3.05) is 32.8 Å². The lowest BCUT2D eigenvalue weighted by atomic mass is 9.62. The van der Waals surface area contributed by atoms with Gasteiger partial charge in [0.15, 0.2) is 0 Å². The van der Waals surface area contributed by atoms with Gasteiger partial charge in [-0.05, 0) is 42.9 Å². The fourth-order valence-corrected chi connectivity index (χ4v) is 7.57. The van der Waals surface area contributed by atoms with E-state index in [2.05, 4.69) is 45.3 Å². The van der Waals surface area contributed by atoms with E-state index < -0.39 is 0 Å². The molecule has 0 aliphatic heterocycles. The van der Waals surface area contributed by atoms with Crippen LogP contribution in [0.2, 0.25) is 0 Å². The molecule has 0 heterocycles. The highest BCUT2D eigenvalue weighted by molar-refractivity contribution is 5.69. The number of carbonyl (C=O) groups is 2. The number of hydrogen-bond acceptors (Lipinski definition) is 6. The van der Waals surface area contributed by atoms with Crippen molar-refractivity contribution in [2.24, 2.45) is 10.8 Å². The summed E-state index contributed by atoms with van der Waals surface area (Å²) in [5.74, 6) is -0.167. The monoisotopic (exact) mass is 651 g/mol. The molecule has 46 heavy (non-hydrogen) atoms. The third-order valence-corrected chi connectivity index (χ3v) is 9.79. The van der Waals surface area contributed by atoms with Crippen LogP contribution in [-0.2, 0) is 19.1 Å². The SMILES string of the molecule is CCCCCCCCCCCCOC(=O)CCNCC1(C)CC(NCCC(=O)OCCCCCCCCCCCC)CC(C)(C)C1. The molecule has 2 N–H and O–H groups in total. The first-order valence-corrected chi connectivity index (χ1v) is 19.9. The topological polar surface area (TPSA) is 76.7 Å². The molecule has 0 radical (unpaired) electrons. The van der Waals surface area contributed by atoms with Crippen LogP contribution in [0, 0.1) is 10.8 Å². The van der Waals surface area contributed by atoms with Gasteiger partial charge in [0.2, 0.25) is 0 Å². The maximum Gasteiger partial charge on any atom is 0.307 e. The molecule has 0 spiro atoms. The zero-order valence-corrected chi connectivity index (χ0v) is 31.4. The molecule has 0 bridgehead atoms. The standard InChI is InChI=1S/C40H78N2O4/c1-6-8-10-12-14-16-18-20-22-24-30-45-37(43)26-28-41-35-40(5)33-36(32-39(3,4)34-40)42-29-27-38(44)46-31-25-23-21-19-17-15-13-11-9-7-2/h36,41-42H,6-35H2,1-5H3. The lowest BCUT2D eigenvalue weighted by molar-refractivity contribution is -0.144. The summed E-state index contributed by atoms with van der Waals surface area (Å²) >= 11 is 0. The molecular weight excluding hydrogens is 572 g/mol. The minimum absolute atomic E-state index is 0.0806. The first kappa shape index (κ1) is 42.9. The number of esters is 2. The van der Waals surface area contributed by atoms with Crippen molar-refractivity contribution in [1.29, 1.82) is 0 Å². The van der Waals surface area contributed by atoms with E-state index in [1.54, 1.807) is 0 Å². The van der Waals surface area contributed by atoms with Crippen molar-refractivity contribution in [3.63, 3.8) is 0 Å². The van der Waals surface area contributed by atoms with Crippen molar-refractivity contribution in [3.8, 4) is 0 Å². The molecule has 6 nitrogen and oxygen atoms in total. The summed E-state index contributed by atoms with van der Waals surface area (Å²) in [5, 5.41) is 7.22. The minimum Gasteiger partial charge on any atom is -0.466 e. The first-order valence-electron chi connectivity index (χ1n) is 19.9. The quantitative estimate of drug-likeness (QED) is 0.0574. The van der Waals surface area contributed by atoms with Crippen LogP contribution >= 0.6 is 0 Å². The van der Waals surface area contributed by atoms with Gasteiger partial charge in [0, 0.05) is 25.7 Å². The zero-order chi connectivity index (χ0) is 33.8. The number of rotatable bonds is 31. The Morgan fingerprint density at radius 1 is 0.587 bits per heavy atom. The number of hydrogen-bond donors (Lipinski definition) is 2. The summed E-state index contributed by atoms with van der Waals surface area (Å²) in [7, 11) is 0. The molecule has 0 saturated heterocycles. The Morgan fingerprint density at radius 2 is 1.00 bits per heavy atom. The molecule has 6 heteroatoms. The van der Waals surface area contributed by atoms with Crippen molar-refractivity contribution in [3.05, 3.63) is 0 Å². The van der Waals surface area contributed by atoms with Crippen LogP contribution in [0.5, 0.6) is 0 Å². The Bertz CT molecular complexity index is 743. The molecule has 2 atom stereocenters. The van der Waals surface area contributed by atoms with Crippen LogP contribution in [-0.4, -0.2) is 50.8 Å². The number of unbranched alkanes of at least 4 members (excludes halogenated alkanes) is 18. The van der Waals surface area contributed by atoms with E-state index in [-0.39, 0.29) is 22.8 Å². The van der Waals surface area contributed by atoms with E-state index >= 15 is 0 Å². The maximum absolute atomic E-state index is 12.3. The van der Waals surface area contributed by atoms with Gasteiger partial charge in [-0.2, -0.15) is 0 Å². The van der Waals surface area contributed by atoms with Gasteiger partial charge in [-0.25, -0.2) is 0 Å². The minimum atomic E-state index is -0.0860. The molecule has 0 aromatic rings. The molecule has 1 aliphatic rings. The van der Waals surface area contributed by atoms with E-state index in [1.807, 2.05) is 0 Å². The van der Waals surface area contributed by atoms with E-state index in [0.29, 0.717) is 45.2 Å². The molecule has 1 rings (SSSR count). The Labute approximate surface area is 286 Å². The van der Waals surface area contributed by atoms with Crippen LogP contribution in [0.15, 0.2) is 0 Å². The predicted molar refractivity (Wildman–Crippen MR) is 195 cm³/mol. The largest absolute Gasteiger partial charge is 0.466 e. The van der Waals surface area contributed by atoms with Crippen LogP contribution in [0.1, 0.15) is 195 Å². The highest BCUT2D eigenvalue weighted by atomic mass is 16.5. The summed E-state index contributed by atoms with van der Waals surface area (Å²) in [4.78, 5) is 24.5. The normalized spacial score (nSPS) is 19.3. The second kappa shape index (κ2) is 27.8. The van der Waals surface area contributed by atoms with Gasteiger partial charge in [0.25, 0.3) is 0 Å². The lowest BCUT2D eigenvalue weighted by Crippen LogP contribution is -2.49. The number of carbonyl (C=O) groups excluding carboxylic acids is 2. The molecule has 272 valence electrons. The Balaban J connectivity index is 2.10. The van der Waals surface area contributed by atoms with E-state index in [0.717, 1.165) is 51.5 Å². The van der Waals surface area contributed by atoms with Gasteiger partial charge < -0.3 is 20.1 Å². The van der Waals surface area contributed by atoms with E-state index in [1.165, 1.54) is 103 Å². The number of nitrogens with one attached hydrogen (secondary N) is 2. The fraction of sp³-hybridized carbons (Fsp3) is 0.950. The molecular formula is C40H78N2O4. The smallest absolute Gasteiger partial charge is 0.307 e. The fourth-order valence-electron chi connectivity index (χ4n) is 7.57. The van der Waals surface area contributed by atoms with Crippen LogP contribution in [0.4, 0.5) is 0 Å². The van der Waals surface area contributed by atoms with Crippen molar-refractivity contribution in [1.82, 2.24) is 10.6 Å². The zero-order valence-electron chi connectivity index (χ0n) is 31.4. The second-order valence-corrected chi connectivity index (χ2v) is 15.7. The molecule has 1 fully saturated rings. The summed E-state index contributed by atoms with van der Waals surface area (Å²) in [6.07, 6.45) is 29.9. The number of ether oxygens (including phenoxy) is 2. The Hall–Kier alpha value is -1.14. The lowest BCUT2D eigenvalue weighted by Gasteiger charge is -2.47. The van der Waals surface area contributed by atoms with Gasteiger partial charge >= 0.3 is 11.9 Å². The van der Waals surface area contributed by atoms with Gasteiger partial charge in [-0.3, -0.25) is 9.59 Å². The van der Waals surface area contributed by atoms with Crippen LogP contribution in [0.25, 0.3) is 0 Å². The molecule has 0 amide bonds. The third kappa shape index (κ3) is 25.0. The Morgan fingerprint density at radius 3 is 1.46 bits per heavy atom. The van der Waals surface area contributed by atoms with Gasteiger partial charge in [-0.15, -0.1) is 0 Å². The van der Waals surface area contributed by atoms with E-state index in [9.17, 15) is 9.59 Å². The predicted octanol–water partition coefficient (Wildman–Crippen LogP) is 10.5. The van der Waals surface area contributed by atoms with Crippen molar-refractivity contribution < 1.29 is 19.1 Å². The van der Waals surface area contributed by atoms with Crippen LogP contribution < -0.4 is 10.6 Å². The van der Waals surface area contributed by atoms with Gasteiger partial charge in [-0.1, -0.05) is 150 Å². The average molecular weight is 651 g/mol. The van der Waals surface area contributed by atoms with Gasteiger partial charge in [0.05, 0.1) is 26.1 Å². The van der Waals surface area contributed by atoms with E-state index in [4.69, 9.17) is 9.47 Å². The molecule has 0 aromatic carbocycles. The highest BCUT2D eigenvalue weighted by Gasteiger charge is 2.40. The van der Waals surface area contributed by atoms with Crippen LogP contribution in [0.3, 0.4) is 0 Å². The van der Waals surface area contributed by atoms with Gasteiger partial charge in [0.1, 0.15) is 0 Å². The van der Waals surface area contributed by atoms with Crippen molar-refractivity contribution in [2.45, 2.75) is 201 Å². The molecule has 2 unspecified atom stereocenters. The average Bonchev–Trinajstić information content (AvgIpc) is 3.00. The summed E-state index contributed by atoms with van der Waals surface area (Å²) < 4.78 is 11.0. The third-order valence-electron chi connectivity index (χ3n) is 9.79. The summed E-state index contributed by atoms with van der Waals surface area (Å²) in [5.41, 5.74) is 0.381. The first-order chi connectivity index (χ1) is 22.2. The Kier molecular flexibility index (Phi) is 25.9. The summed E-state index contributed by atoms with van der Waals surface area (Å²) in [6, 6.07) is 0.386.